The fourth-order valence-corrected chi connectivity index (χ4v) is 2.33. The first kappa shape index (κ1) is 13.3. The van der Waals surface area contributed by atoms with Crippen LogP contribution in [0.3, 0.4) is 0 Å². The lowest BCUT2D eigenvalue weighted by Crippen LogP contribution is -2.16. The van der Waals surface area contributed by atoms with Crippen molar-refractivity contribution in [3.63, 3.8) is 0 Å². The molecule has 0 saturated heterocycles. The van der Waals surface area contributed by atoms with Crippen LogP contribution in [0.2, 0.25) is 0 Å². The maximum Gasteiger partial charge on any atom is 0.0962 e. The minimum Gasteiger partial charge on any atom is -0.367 e. The third-order valence-corrected chi connectivity index (χ3v) is 3.48. The van der Waals surface area contributed by atoms with Gasteiger partial charge in [0, 0.05) is 11.0 Å². The Morgan fingerprint density at radius 1 is 1.00 bits per heavy atom. The zero-order valence-electron chi connectivity index (χ0n) is 10.1. The Kier molecular flexibility index (Phi) is 4.93. The molecule has 0 aliphatic carbocycles. The maximum atomic E-state index is 5.89. The van der Waals surface area contributed by atoms with Crippen LogP contribution < -0.4 is 5.73 Å². The van der Waals surface area contributed by atoms with Crippen LogP contribution >= 0.6 is 15.9 Å². The van der Waals surface area contributed by atoms with Gasteiger partial charge in [-0.1, -0.05) is 64.5 Å². The van der Waals surface area contributed by atoms with E-state index < -0.39 is 0 Å². The first-order valence-corrected chi connectivity index (χ1v) is 6.70. The fourth-order valence-electron chi connectivity index (χ4n) is 1.79. The third-order valence-electron chi connectivity index (χ3n) is 2.76. The molecule has 0 fully saturated rings. The molecule has 18 heavy (non-hydrogen) atoms. The Hall–Kier alpha value is -1.16. The summed E-state index contributed by atoms with van der Waals surface area (Å²) in [4.78, 5) is 0. The third kappa shape index (κ3) is 3.42. The van der Waals surface area contributed by atoms with Crippen molar-refractivity contribution in [2.45, 2.75) is 12.7 Å². The van der Waals surface area contributed by atoms with Crippen molar-refractivity contribution in [1.29, 1.82) is 0 Å². The van der Waals surface area contributed by atoms with Crippen molar-refractivity contribution in [2.24, 2.45) is 5.73 Å². The van der Waals surface area contributed by atoms with Crippen LogP contribution in [0.25, 0.3) is 0 Å². The standard InChI is InChI=1S/C15H16BrNO/c16-14-9-5-4-8-13(14)15(10-17)18-11-12-6-2-1-3-7-12/h1-9,15H,10-11,17H2. The van der Waals surface area contributed by atoms with E-state index in [1.165, 1.54) is 0 Å². The monoisotopic (exact) mass is 305 g/mol. The number of rotatable bonds is 5. The van der Waals surface area contributed by atoms with Gasteiger partial charge in [0.15, 0.2) is 0 Å². The zero-order valence-corrected chi connectivity index (χ0v) is 11.6. The van der Waals surface area contributed by atoms with Crippen molar-refractivity contribution < 1.29 is 4.74 Å². The first-order chi connectivity index (χ1) is 8.81. The predicted molar refractivity (Wildman–Crippen MR) is 77.2 cm³/mol. The number of ether oxygens (including phenoxy) is 1. The smallest absolute Gasteiger partial charge is 0.0962 e. The molecule has 0 heterocycles. The van der Waals surface area contributed by atoms with Crippen LogP contribution in [0.4, 0.5) is 0 Å². The SMILES string of the molecule is NCC(OCc1ccccc1)c1ccccc1Br. The van der Waals surface area contributed by atoms with E-state index in [9.17, 15) is 0 Å². The van der Waals surface area contributed by atoms with Crippen LogP contribution in [-0.2, 0) is 11.3 Å². The van der Waals surface area contributed by atoms with E-state index >= 15 is 0 Å². The summed E-state index contributed by atoms with van der Waals surface area (Å²) in [5.74, 6) is 0. The highest BCUT2D eigenvalue weighted by atomic mass is 79.9. The molecule has 2 N–H and O–H groups in total. The highest BCUT2D eigenvalue weighted by Gasteiger charge is 2.12. The summed E-state index contributed by atoms with van der Waals surface area (Å²) in [7, 11) is 0. The van der Waals surface area contributed by atoms with E-state index in [0.717, 1.165) is 15.6 Å². The molecule has 2 aromatic rings. The van der Waals surface area contributed by atoms with Gasteiger partial charge in [-0.3, -0.25) is 0 Å². The lowest BCUT2D eigenvalue weighted by Gasteiger charge is -2.17. The van der Waals surface area contributed by atoms with Crippen LogP contribution in [-0.4, -0.2) is 6.54 Å². The van der Waals surface area contributed by atoms with Crippen LogP contribution in [0.15, 0.2) is 59.1 Å². The van der Waals surface area contributed by atoms with Crippen molar-refractivity contribution in [1.82, 2.24) is 0 Å². The quantitative estimate of drug-likeness (QED) is 0.915. The molecule has 0 radical (unpaired) electrons. The molecule has 1 unspecified atom stereocenters. The van der Waals surface area contributed by atoms with Gasteiger partial charge >= 0.3 is 0 Å². The van der Waals surface area contributed by atoms with Gasteiger partial charge in [0.05, 0.1) is 12.7 Å². The number of hydrogen-bond acceptors (Lipinski definition) is 2. The lowest BCUT2D eigenvalue weighted by atomic mass is 10.1. The van der Waals surface area contributed by atoms with E-state index in [2.05, 4.69) is 15.9 Å². The number of halogens is 1. The topological polar surface area (TPSA) is 35.2 Å². The molecule has 2 rings (SSSR count). The summed E-state index contributed by atoms with van der Waals surface area (Å²) >= 11 is 3.53. The largest absolute Gasteiger partial charge is 0.367 e. The zero-order chi connectivity index (χ0) is 12.8. The molecule has 0 bridgehead atoms. The number of benzene rings is 2. The van der Waals surface area contributed by atoms with E-state index in [-0.39, 0.29) is 6.10 Å². The van der Waals surface area contributed by atoms with Gasteiger partial charge < -0.3 is 10.5 Å². The normalized spacial score (nSPS) is 12.3. The predicted octanol–water partition coefficient (Wildman–Crippen LogP) is 3.67. The molecule has 94 valence electrons. The average Bonchev–Trinajstić information content (AvgIpc) is 2.42. The summed E-state index contributed by atoms with van der Waals surface area (Å²) < 4.78 is 6.92. The molecular formula is C15H16BrNO. The minimum atomic E-state index is -0.0826. The van der Waals surface area contributed by atoms with Gasteiger partial charge in [-0.25, -0.2) is 0 Å². The van der Waals surface area contributed by atoms with E-state index in [0.29, 0.717) is 13.2 Å². The second kappa shape index (κ2) is 6.69. The summed E-state index contributed by atoms with van der Waals surface area (Å²) in [6, 6.07) is 18.1. The summed E-state index contributed by atoms with van der Waals surface area (Å²) in [6.45, 7) is 1.04. The first-order valence-electron chi connectivity index (χ1n) is 5.91. The van der Waals surface area contributed by atoms with E-state index in [1.54, 1.807) is 0 Å². The average molecular weight is 306 g/mol. The summed E-state index contributed by atoms with van der Waals surface area (Å²) in [5, 5.41) is 0. The van der Waals surface area contributed by atoms with Crippen molar-refractivity contribution in [3.05, 3.63) is 70.2 Å². The highest BCUT2D eigenvalue weighted by molar-refractivity contribution is 9.10. The van der Waals surface area contributed by atoms with Crippen LogP contribution in [0.5, 0.6) is 0 Å². The summed E-state index contributed by atoms with van der Waals surface area (Å²) in [6.07, 6.45) is -0.0826. The van der Waals surface area contributed by atoms with Crippen LogP contribution in [0, 0.1) is 0 Å². The molecule has 0 aromatic heterocycles. The van der Waals surface area contributed by atoms with Gasteiger partial charge in [0.1, 0.15) is 0 Å². The van der Waals surface area contributed by atoms with Crippen molar-refractivity contribution in [2.75, 3.05) is 6.54 Å². The Labute approximate surface area is 116 Å². The molecule has 0 amide bonds. The van der Waals surface area contributed by atoms with Gasteiger partial charge in [0.2, 0.25) is 0 Å². The van der Waals surface area contributed by atoms with Gasteiger partial charge in [0.25, 0.3) is 0 Å². The molecule has 0 spiro atoms. The van der Waals surface area contributed by atoms with E-state index in [1.807, 2.05) is 54.6 Å². The van der Waals surface area contributed by atoms with Crippen molar-refractivity contribution in [3.8, 4) is 0 Å². The molecule has 0 saturated carbocycles. The minimum absolute atomic E-state index is 0.0826. The fraction of sp³-hybridized carbons (Fsp3) is 0.200. The molecule has 0 aliphatic heterocycles. The number of hydrogen-bond donors (Lipinski definition) is 1. The van der Waals surface area contributed by atoms with Crippen molar-refractivity contribution >= 4 is 15.9 Å². The highest BCUT2D eigenvalue weighted by Crippen LogP contribution is 2.25. The Morgan fingerprint density at radius 3 is 2.33 bits per heavy atom. The molecule has 1 atom stereocenters. The number of nitrogens with two attached hydrogens (primary N) is 1. The molecular weight excluding hydrogens is 290 g/mol. The van der Waals surface area contributed by atoms with Gasteiger partial charge in [-0.2, -0.15) is 0 Å². The molecule has 3 heteroatoms. The maximum absolute atomic E-state index is 5.89. The van der Waals surface area contributed by atoms with Crippen LogP contribution in [0.1, 0.15) is 17.2 Å². The van der Waals surface area contributed by atoms with Gasteiger partial charge in [-0.15, -0.1) is 0 Å². The Morgan fingerprint density at radius 2 is 1.67 bits per heavy atom. The molecule has 2 nitrogen and oxygen atoms in total. The molecule has 0 aliphatic rings. The summed E-state index contributed by atoms with van der Waals surface area (Å²) in [5.41, 5.74) is 8.04. The lowest BCUT2D eigenvalue weighted by molar-refractivity contribution is 0.0452. The van der Waals surface area contributed by atoms with E-state index in [4.69, 9.17) is 10.5 Å². The molecule has 2 aromatic carbocycles. The Balaban J connectivity index is 2.04. The second-order valence-corrected chi connectivity index (χ2v) is 4.90. The second-order valence-electron chi connectivity index (χ2n) is 4.04. The van der Waals surface area contributed by atoms with Gasteiger partial charge in [-0.05, 0) is 17.2 Å². The Bertz CT molecular complexity index is 487.